The SMILES string of the molecule is C/C(=N\[S@@+]([O-])C(C)(C)C)c1cnn2c1OCCC2. The van der Waals surface area contributed by atoms with Crippen molar-refractivity contribution in [2.24, 2.45) is 4.40 Å². The number of nitrogens with zero attached hydrogens (tertiary/aromatic N) is 3. The third kappa shape index (κ3) is 2.70. The first-order valence-electron chi connectivity index (χ1n) is 6.06. The van der Waals surface area contributed by atoms with E-state index < -0.39 is 11.4 Å². The Balaban J connectivity index is 2.26. The second kappa shape index (κ2) is 4.93. The van der Waals surface area contributed by atoms with E-state index in [1.54, 1.807) is 6.20 Å². The van der Waals surface area contributed by atoms with Gasteiger partial charge in [-0.25, -0.2) is 4.68 Å². The monoisotopic (exact) mass is 269 g/mol. The molecule has 0 saturated heterocycles. The van der Waals surface area contributed by atoms with Gasteiger partial charge in [-0.2, -0.15) is 5.10 Å². The van der Waals surface area contributed by atoms with Crippen LogP contribution in [-0.2, 0) is 17.9 Å². The minimum absolute atomic E-state index is 0.352. The number of hydrogen-bond acceptors (Lipinski definition) is 4. The number of hydrogen-bond donors (Lipinski definition) is 0. The first kappa shape index (κ1) is 13.4. The van der Waals surface area contributed by atoms with Gasteiger partial charge in [0.25, 0.3) is 0 Å². The minimum Gasteiger partial charge on any atom is -0.591 e. The topological polar surface area (TPSA) is 62.5 Å². The quantitative estimate of drug-likeness (QED) is 0.609. The highest BCUT2D eigenvalue weighted by Crippen LogP contribution is 2.25. The summed E-state index contributed by atoms with van der Waals surface area (Å²) in [6, 6.07) is 0. The summed E-state index contributed by atoms with van der Waals surface area (Å²) in [6.07, 6.45) is 2.71. The first-order chi connectivity index (χ1) is 8.39. The highest BCUT2D eigenvalue weighted by Gasteiger charge is 2.28. The Labute approximate surface area is 111 Å². The smallest absolute Gasteiger partial charge is 0.221 e. The molecule has 0 aromatic carbocycles. The molecular formula is C12H19N3O2S. The maximum absolute atomic E-state index is 12.0. The van der Waals surface area contributed by atoms with Crippen LogP contribution >= 0.6 is 0 Å². The summed E-state index contributed by atoms with van der Waals surface area (Å²) >= 11 is -1.26. The molecule has 0 radical (unpaired) electrons. The van der Waals surface area contributed by atoms with E-state index in [2.05, 4.69) is 9.50 Å². The van der Waals surface area contributed by atoms with Gasteiger partial charge in [0.15, 0.2) is 0 Å². The molecule has 5 nitrogen and oxygen atoms in total. The molecule has 0 saturated carbocycles. The van der Waals surface area contributed by atoms with E-state index in [-0.39, 0.29) is 4.75 Å². The van der Waals surface area contributed by atoms with E-state index in [4.69, 9.17) is 4.74 Å². The number of aromatic nitrogens is 2. The summed E-state index contributed by atoms with van der Waals surface area (Å²) in [6.45, 7) is 9.14. The second-order valence-corrected chi connectivity index (χ2v) is 7.23. The Kier molecular flexibility index (Phi) is 3.68. The van der Waals surface area contributed by atoms with Gasteiger partial charge in [-0.3, -0.25) is 0 Å². The average molecular weight is 269 g/mol. The number of aryl methyl sites for hydroxylation is 1. The molecule has 0 bridgehead atoms. The molecule has 0 aliphatic carbocycles. The van der Waals surface area contributed by atoms with Crippen molar-refractivity contribution in [2.75, 3.05) is 6.61 Å². The van der Waals surface area contributed by atoms with E-state index in [1.807, 2.05) is 32.4 Å². The maximum atomic E-state index is 12.0. The lowest BCUT2D eigenvalue weighted by atomic mass is 10.2. The molecule has 6 heteroatoms. The summed E-state index contributed by atoms with van der Waals surface area (Å²) in [5, 5.41) is 4.26. The van der Waals surface area contributed by atoms with Crippen LogP contribution < -0.4 is 4.74 Å². The van der Waals surface area contributed by atoms with Gasteiger partial charge in [-0.05, 0) is 27.7 Å². The van der Waals surface area contributed by atoms with Gasteiger partial charge in [-0.1, -0.05) is 4.40 Å². The summed E-state index contributed by atoms with van der Waals surface area (Å²) in [5.74, 6) is 0.744. The number of fused-ring (bicyclic) bond motifs is 1. The van der Waals surface area contributed by atoms with Crippen LogP contribution in [0.4, 0.5) is 0 Å². The highest BCUT2D eigenvalue weighted by atomic mass is 32.2. The van der Waals surface area contributed by atoms with Crippen LogP contribution in [0.25, 0.3) is 0 Å². The lowest BCUT2D eigenvalue weighted by Crippen LogP contribution is -2.26. The van der Waals surface area contributed by atoms with Gasteiger partial charge in [0.05, 0.1) is 18.4 Å². The Hall–Kier alpha value is -1.01. The molecule has 0 N–H and O–H groups in total. The molecular weight excluding hydrogens is 250 g/mol. The maximum Gasteiger partial charge on any atom is 0.221 e. The summed E-state index contributed by atoms with van der Waals surface area (Å²) in [7, 11) is 0. The molecule has 1 aromatic heterocycles. The lowest BCUT2D eigenvalue weighted by molar-refractivity contribution is 0.230. The minimum atomic E-state index is -1.26. The molecule has 1 aliphatic heterocycles. The summed E-state index contributed by atoms with van der Waals surface area (Å²) in [5.41, 5.74) is 1.55. The Morgan fingerprint density at radius 2 is 2.28 bits per heavy atom. The molecule has 0 spiro atoms. The van der Waals surface area contributed by atoms with Crippen LogP contribution in [0.5, 0.6) is 5.88 Å². The van der Waals surface area contributed by atoms with Gasteiger partial charge in [-0.15, -0.1) is 0 Å². The Bertz CT molecular complexity index is 462. The number of ether oxygens (including phenoxy) is 1. The fraction of sp³-hybridized carbons (Fsp3) is 0.667. The zero-order chi connectivity index (χ0) is 13.3. The van der Waals surface area contributed by atoms with Crippen LogP contribution in [0.1, 0.15) is 39.7 Å². The van der Waals surface area contributed by atoms with E-state index in [0.717, 1.165) is 24.4 Å². The van der Waals surface area contributed by atoms with E-state index in [0.29, 0.717) is 12.3 Å². The van der Waals surface area contributed by atoms with Crippen molar-refractivity contribution in [2.45, 2.75) is 45.4 Å². The average Bonchev–Trinajstić information content (AvgIpc) is 2.71. The van der Waals surface area contributed by atoms with Gasteiger partial charge >= 0.3 is 0 Å². The molecule has 1 aromatic rings. The molecule has 1 aliphatic rings. The standard InChI is InChI=1S/C12H19N3O2S/c1-9(14-18(16)12(2,3)4)10-8-13-15-6-5-7-17-11(10)15/h8H,5-7H2,1-4H3/b14-9+/t18-/m0/s1. The molecule has 1 atom stereocenters. The summed E-state index contributed by atoms with van der Waals surface area (Å²) < 4.78 is 23.3. The van der Waals surface area contributed by atoms with Crippen LogP contribution in [0, 0.1) is 0 Å². The molecule has 0 amide bonds. The van der Waals surface area contributed by atoms with Crippen molar-refractivity contribution < 1.29 is 9.29 Å². The van der Waals surface area contributed by atoms with Crippen molar-refractivity contribution in [1.29, 1.82) is 0 Å². The van der Waals surface area contributed by atoms with Crippen LogP contribution in [0.2, 0.25) is 0 Å². The zero-order valence-electron chi connectivity index (χ0n) is 11.3. The van der Waals surface area contributed by atoms with Crippen molar-refractivity contribution in [3.63, 3.8) is 0 Å². The molecule has 2 heterocycles. The normalized spacial score (nSPS) is 18.2. The second-order valence-electron chi connectivity index (χ2n) is 5.33. The Morgan fingerprint density at radius 1 is 1.56 bits per heavy atom. The van der Waals surface area contributed by atoms with E-state index in [9.17, 15) is 4.55 Å². The highest BCUT2D eigenvalue weighted by molar-refractivity contribution is 7.91. The predicted octanol–water partition coefficient (Wildman–Crippen LogP) is 1.94. The van der Waals surface area contributed by atoms with Crippen molar-refractivity contribution in [3.8, 4) is 5.88 Å². The Morgan fingerprint density at radius 3 is 2.94 bits per heavy atom. The van der Waals surface area contributed by atoms with Crippen LogP contribution in [0.3, 0.4) is 0 Å². The van der Waals surface area contributed by atoms with Gasteiger partial charge < -0.3 is 9.29 Å². The third-order valence-electron chi connectivity index (χ3n) is 2.68. The zero-order valence-corrected chi connectivity index (χ0v) is 12.1. The summed E-state index contributed by atoms with van der Waals surface area (Å²) in [4.78, 5) is 0. The third-order valence-corrected chi connectivity index (χ3v) is 4.16. The van der Waals surface area contributed by atoms with E-state index >= 15 is 0 Å². The fourth-order valence-electron chi connectivity index (χ4n) is 1.63. The molecule has 2 rings (SSSR count). The predicted molar refractivity (Wildman–Crippen MR) is 72.4 cm³/mol. The fourth-order valence-corrected chi connectivity index (χ4v) is 2.25. The molecule has 18 heavy (non-hydrogen) atoms. The van der Waals surface area contributed by atoms with Crippen molar-refractivity contribution in [1.82, 2.24) is 9.78 Å². The molecule has 0 unspecified atom stereocenters. The van der Waals surface area contributed by atoms with Crippen LogP contribution in [-0.4, -0.2) is 31.4 Å². The van der Waals surface area contributed by atoms with Crippen molar-refractivity contribution in [3.05, 3.63) is 11.8 Å². The van der Waals surface area contributed by atoms with Gasteiger partial charge in [0, 0.05) is 13.0 Å². The van der Waals surface area contributed by atoms with Gasteiger partial charge in [0.2, 0.25) is 5.88 Å². The largest absolute Gasteiger partial charge is 0.591 e. The molecule has 100 valence electrons. The number of rotatable bonds is 2. The van der Waals surface area contributed by atoms with Gasteiger partial charge in [0.1, 0.15) is 21.8 Å². The van der Waals surface area contributed by atoms with Crippen molar-refractivity contribution >= 4 is 17.1 Å². The lowest BCUT2D eigenvalue weighted by Gasteiger charge is -2.19. The van der Waals surface area contributed by atoms with E-state index in [1.165, 1.54) is 0 Å². The first-order valence-corrected chi connectivity index (χ1v) is 7.16. The van der Waals surface area contributed by atoms with Crippen LogP contribution in [0.15, 0.2) is 10.6 Å². The molecule has 0 fully saturated rings.